The van der Waals surface area contributed by atoms with Crippen LogP contribution in [0.2, 0.25) is 0 Å². The van der Waals surface area contributed by atoms with Gasteiger partial charge in [-0.3, -0.25) is 0 Å². The van der Waals surface area contributed by atoms with Gasteiger partial charge in [-0.25, -0.2) is 15.0 Å². The number of benzene rings is 2. The molecule has 2 aromatic rings. The number of aromatic nitrogens is 4. The molecule has 0 radical (unpaired) electrons. The molecule has 0 bridgehead atoms. The van der Waals surface area contributed by atoms with Crippen LogP contribution in [-0.4, -0.2) is 26.3 Å². The molecular formula is C20H17N5O2S. The monoisotopic (exact) mass is 391 g/mol. The van der Waals surface area contributed by atoms with Crippen LogP contribution in [0.5, 0.6) is 11.5 Å². The number of hydrogen-bond acceptors (Lipinski definition) is 7. The standard InChI is InChI=1S/C20H17N5O2S/c21-18-17-19(25(11-22-18)9-8-13-4-2-1-3-5-13)24-20(23-17)28-14-6-7-15-16(10-14)27-12-26-15/h1-7,10-11H,8-9,12,21H2. The van der Waals surface area contributed by atoms with Crippen molar-refractivity contribution in [1.82, 2.24) is 19.5 Å². The molecule has 0 saturated heterocycles. The van der Waals surface area contributed by atoms with E-state index in [1.807, 2.05) is 41.0 Å². The van der Waals surface area contributed by atoms with Crippen molar-refractivity contribution in [1.29, 1.82) is 0 Å². The van der Waals surface area contributed by atoms with E-state index in [1.165, 1.54) is 17.3 Å². The molecular weight excluding hydrogens is 374 g/mol. The Morgan fingerprint density at radius 2 is 1.89 bits per heavy atom. The van der Waals surface area contributed by atoms with E-state index in [2.05, 4.69) is 22.1 Å². The van der Waals surface area contributed by atoms with Crippen LogP contribution >= 0.6 is 11.8 Å². The Bertz CT molecular complexity index is 1100. The topological polar surface area (TPSA) is 88.1 Å². The lowest BCUT2D eigenvalue weighted by Gasteiger charge is -2.11. The normalized spacial score (nSPS) is 12.6. The molecule has 28 heavy (non-hydrogen) atoms. The predicted octanol–water partition coefficient (Wildman–Crippen LogP) is 3.48. The molecule has 3 aliphatic heterocycles. The minimum absolute atomic E-state index is 0.254. The third-order valence-electron chi connectivity index (χ3n) is 4.51. The van der Waals surface area contributed by atoms with Crippen LogP contribution in [0, 0.1) is 0 Å². The van der Waals surface area contributed by atoms with E-state index in [0.717, 1.165) is 35.2 Å². The number of rotatable bonds is 5. The Labute approximate surface area is 165 Å². The van der Waals surface area contributed by atoms with Gasteiger partial charge in [0.2, 0.25) is 6.79 Å². The summed E-state index contributed by atoms with van der Waals surface area (Å²) in [5.74, 6) is 2.62. The molecule has 0 atom stereocenters. The van der Waals surface area contributed by atoms with Gasteiger partial charge in [-0.2, -0.15) is 0 Å². The van der Waals surface area contributed by atoms with Gasteiger partial charge in [0.25, 0.3) is 0 Å². The molecule has 0 amide bonds. The summed E-state index contributed by atoms with van der Waals surface area (Å²) in [4.78, 5) is 14.5. The van der Waals surface area contributed by atoms with Crippen molar-refractivity contribution in [3.8, 4) is 23.0 Å². The molecule has 3 aliphatic rings. The van der Waals surface area contributed by atoms with E-state index in [1.54, 1.807) is 6.33 Å². The zero-order valence-corrected chi connectivity index (χ0v) is 15.7. The lowest BCUT2D eigenvalue weighted by atomic mass is 10.1. The highest BCUT2D eigenvalue weighted by Crippen LogP contribution is 2.38. The van der Waals surface area contributed by atoms with E-state index < -0.39 is 0 Å². The van der Waals surface area contributed by atoms with Crippen molar-refractivity contribution in [2.75, 3.05) is 12.5 Å². The van der Waals surface area contributed by atoms with E-state index in [4.69, 9.17) is 20.2 Å². The number of hydrogen-bond donors (Lipinski definition) is 1. The molecule has 8 heteroatoms. The fourth-order valence-corrected chi connectivity index (χ4v) is 3.87. The summed E-state index contributed by atoms with van der Waals surface area (Å²) >= 11 is 1.46. The Morgan fingerprint density at radius 1 is 1.04 bits per heavy atom. The van der Waals surface area contributed by atoms with E-state index >= 15 is 0 Å². The van der Waals surface area contributed by atoms with Gasteiger partial charge in [0.15, 0.2) is 34.0 Å². The molecule has 2 aromatic carbocycles. The first-order valence-corrected chi connectivity index (χ1v) is 9.68. The van der Waals surface area contributed by atoms with Crippen molar-refractivity contribution < 1.29 is 9.47 Å². The highest BCUT2D eigenvalue weighted by atomic mass is 32.2. The molecule has 0 saturated carbocycles. The third kappa shape index (κ3) is 3.22. The lowest BCUT2D eigenvalue weighted by Crippen LogP contribution is -2.09. The van der Waals surface area contributed by atoms with E-state index in [0.29, 0.717) is 16.7 Å². The molecule has 2 N–H and O–H groups in total. The van der Waals surface area contributed by atoms with Crippen molar-refractivity contribution in [2.24, 2.45) is 0 Å². The van der Waals surface area contributed by atoms with Crippen LogP contribution in [0.1, 0.15) is 5.56 Å². The first-order chi connectivity index (χ1) is 13.8. The first kappa shape index (κ1) is 16.9. The number of imidazole rings is 1. The number of nitrogen functional groups attached to an aromatic ring is 1. The maximum atomic E-state index is 6.04. The average molecular weight is 391 g/mol. The van der Waals surface area contributed by atoms with Crippen molar-refractivity contribution in [3.05, 3.63) is 60.4 Å². The number of ether oxygens (including phenoxy) is 2. The van der Waals surface area contributed by atoms with Gasteiger partial charge in [-0.15, -0.1) is 0 Å². The van der Waals surface area contributed by atoms with E-state index in [-0.39, 0.29) is 6.79 Å². The summed E-state index contributed by atoms with van der Waals surface area (Å²) in [6.45, 7) is 1.00. The van der Waals surface area contributed by atoms with Gasteiger partial charge in [-0.05, 0) is 41.9 Å². The maximum Gasteiger partial charge on any atom is 0.231 e. The summed E-state index contributed by atoms with van der Waals surface area (Å²) in [6, 6.07) is 16.1. The molecule has 0 fully saturated rings. The number of nitrogens with zero attached hydrogens (tertiary/aromatic N) is 4. The minimum atomic E-state index is 0.254. The second kappa shape index (κ2) is 7.05. The van der Waals surface area contributed by atoms with Crippen LogP contribution in [0.25, 0.3) is 11.5 Å². The number of anilines is 1. The number of aryl methyl sites for hydroxylation is 2. The van der Waals surface area contributed by atoms with Gasteiger partial charge in [0.1, 0.15) is 0 Å². The lowest BCUT2D eigenvalue weighted by molar-refractivity contribution is 0.174. The summed E-state index contributed by atoms with van der Waals surface area (Å²) in [6.07, 6.45) is 2.61. The van der Waals surface area contributed by atoms with Crippen molar-refractivity contribution >= 4 is 17.6 Å². The fourth-order valence-electron chi connectivity index (χ4n) is 3.08. The van der Waals surface area contributed by atoms with Gasteiger partial charge in [-0.1, -0.05) is 30.3 Å². The van der Waals surface area contributed by atoms with Gasteiger partial charge in [0.05, 0.1) is 6.33 Å². The minimum Gasteiger partial charge on any atom is -0.454 e. The predicted molar refractivity (Wildman–Crippen MR) is 106 cm³/mol. The Balaban J connectivity index is 1.41. The molecule has 5 rings (SSSR count). The van der Waals surface area contributed by atoms with Gasteiger partial charge < -0.3 is 19.8 Å². The highest BCUT2D eigenvalue weighted by molar-refractivity contribution is 7.99. The van der Waals surface area contributed by atoms with Crippen molar-refractivity contribution in [2.45, 2.75) is 23.0 Å². The molecule has 0 unspecified atom stereocenters. The quantitative estimate of drug-likeness (QED) is 0.557. The molecule has 3 heterocycles. The molecule has 140 valence electrons. The Morgan fingerprint density at radius 3 is 2.79 bits per heavy atom. The number of nitrogens with two attached hydrogens (primary N) is 1. The van der Waals surface area contributed by atoms with Crippen molar-refractivity contribution in [3.63, 3.8) is 0 Å². The molecule has 0 aromatic heterocycles. The molecule has 0 aliphatic carbocycles. The second-order valence-electron chi connectivity index (χ2n) is 6.35. The summed E-state index contributed by atoms with van der Waals surface area (Å²) in [5, 5.41) is 0.627. The molecule has 7 nitrogen and oxygen atoms in total. The summed E-state index contributed by atoms with van der Waals surface area (Å²) in [7, 11) is 0. The molecule has 0 spiro atoms. The van der Waals surface area contributed by atoms with E-state index in [9.17, 15) is 0 Å². The second-order valence-corrected chi connectivity index (χ2v) is 7.40. The maximum absolute atomic E-state index is 6.04. The van der Waals surface area contributed by atoms with Crippen LogP contribution < -0.4 is 15.2 Å². The first-order valence-electron chi connectivity index (χ1n) is 8.86. The zero-order valence-electron chi connectivity index (χ0n) is 14.9. The third-order valence-corrected chi connectivity index (χ3v) is 5.36. The van der Waals surface area contributed by atoms with Crippen LogP contribution in [0.4, 0.5) is 5.82 Å². The number of fused-ring (bicyclic) bond motifs is 2. The summed E-state index contributed by atoms with van der Waals surface area (Å²) < 4.78 is 12.8. The highest BCUT2D eigenvalue weighted by Gasteiger charge is 2.20. The van der Waals surface area contributed by atoms with Crippen LogP contribution in [0.15, 0.2) is 64.9 Å². The van der Waals surface area contributed by atoms with Gasteiger partial charge >= 0.3 is 0 Å². The average Bonchev–Trinajstić information content (AvgIpc) is 3.35. The Kier molecular flexibility index (Phi) is 4.25. The van der Waals surface area contributed by atoms with Gasteiger partial charge in [0, 0.05) is 11.4 Å². The smallest absolute Gasteiger partial charge is 0.231 e. The Hall–Kier alpha value is -3.26. The fraction of sp³-hybridized carbons (Fsp3) is 0.150. The largest absolute Gasteiger partial charge is 0.454 e. The van der Waals surface area contributed by atoms with Crippen LogP contribution in [-0.2, 0) is 13.0 Å². The van der Waals surface area contributed by atoms with Crippen LogP contribution in [0.3, 0.4) is 0 Å². The SMILES string of the molecule is Nc1ncn(CCc2ccccc2)c2nc(Sc3ccc4c(c3)OCO4)nc1-2. The summed E-state index contributed by atoms with van der Waals surface area (Å²) in [5.41, 5.74) is 7.92. The zero-order chi connectivity index (χ0) is 18.9.